The van der Waals surface area contributed by atoms with E-state index >= 15 is 96.9 Å². The molecule has 0 bridgehead atoms. The van der Waals surface area contributed by atoms with E-state index < -0.39 is 220 Å². The molecule has 0 N–H and O–H groups in total. The van der Waals surface area contributed by atoms with Gasteiger partial charge in [0.2, 0.25) is 0 Å². The van der Waals surface area contributed by atoms with Gasteiger partial charge in [0.05, 0.1) is 21.2 Å². The maximum atomic E-state index is 17.6. The first-order valence-electron chi connectivity index (χ1n) is 44.9. The van der Waals surface area contributed by atoms with Gasteiger partial charge in [-0.25, -0.2) is 87.8 Å². The Kier molecular flexibility index (Phi) is 29.5. The summed E-state index contributed by atoms with van der Waals surface area (Å²) in [6, 6.07) is 51.9. The van der Waals surface area contributed by atoms with Crippen molar-refractivity contribution in [1.29, 1.82) is 0 Å². The predicted octanol–water partition coefficient (Wildman–Crippen LogP) is 26.4. The van der Waals surface area contributed by atoms with Gasteiger partial charge in [0, 0.05) is 33.5 Å². The van der Waals surface area contributed by atoms with E-state index in [2.05, 4.69) is 0 Å². The first-order valence-corrected chi connectivity index (χ1v) is 59.4. The van der Waals surface area contributed by atoms with Gasteiger partial charge < -0.3 is 9.13 Å². The van der Waals surface area contributed by atoms with Gasteiger partial charge in [-0.05, 0) is 226 Å². The Morgan fingerprint density at radius 3 is 0.529 bits per heavy atom. The summed E-state index contributed by atoms with van der Waals surface area (Å²) in [5, 5.41) is 2.48. The van der Waals surface area contributed by atoms with Crippen LogP contribution in [0, 0.1) is 227 Å². The number of hydrogen-bond donors (Lipinski definition) is 0. The van der Waals surface area contributed by atoms with Crippen LogP contribution in [-0.2, 0) is 9.13 Å². The van der Waals surface area contributed by atoms with Crippen LogP contribution in [0.15, 0.2) is 203 Å². The van der Waals surface area contributed by atoms with Crippen molar-refractivity contribution >= 4 is 121 Å². The molecule has 0 fully saturated rings. The van der Waals surface area contributed by atoms with Crippen LogP contribution in [0.3, 0.4) is 0 Å². The van der Waals surface area contributed by atoms with Crippen molar-refractivity contribution in [2.24, 2.45) is 0 Å². The van der Waals surface area contributed by atoms with E-state index in [0.717, 1.165) is 22.3 Å². The summed E-state index contributed by atoms with van der Waals surface area (Å²) < 4.78 is 365. The molecule has 15 rings (SSSR count). The fraction of sp³-hybridized carbons (Fsp3) is 0.241. The largest absolute Gasteiger partial charge is 0.314 e. The number of rotatable bonds is 20. The lowest BCUT2D eigenvalue weighted by molar-refractivity contribution is 0.382. The molecule has 0 atom stereocenters. The van der Waals surface area contributed by atoms with Gasteiger partial charge in [-0.15, -0.1) is 10.9 Å². The van der Waals surface area contributed by atoms with E-state index in [9.17, 15) is 0 Å². The van der Waals surface area contributed by atoms with Crippen molar-refractivity contribution in [2.45, 2.75) is 163 Å². The van der Waals surface area contributed by atoms with Crippen molar-refractivity contribution in [1.82, 2.24) is 0 Å². The second kappa shape index (κ2) is 38.7. The summed E-state index contributed by atoms with van der Waals surface area (Å²) >= 11 is 0. The lowest BCUT2D eigenvalue weighted by Gasteiger charge is -2.65. The van der Waals surface area contributed by atoms with E-state index in [0.29, 0.717) is 97.9 Å². The highest BCUT2D eigenvalue weighted by Crippen LogP contribution is 2.85. The molecule has 138 heavy (non-hydrogen) atoms. The van der Waals surface area contributed by atoms with Crippen LogP contribution in [0.1, 0.15) is 102 Å². The number of aryl methyl sites for hydroxylation is 16. The van der Waals surface area contributed by atoms with Crippen molar-refractivity contribution in [3.05, 3.63) is 408 Å². The lowest BCUT2D eigenvalue weighted by Crippen LogP contribution is -2.76. The maximum absolute atomic E-state index is 17.6. The normalized spacial score (nSPS) is 14.5. The monoisotopic (exact) mass is 2010 g/mol. The first kappa shape index (κ1) is 105. The van der Waals surface area contributed by atoms with E-state index in [1.54, 1.807) is 156 Å². The minimum Gasteiger partial charge on any atom is -0.314 e. The fourth-order valence-electron chi connectivity index (χ4n) is 24.0. The summed E-state index contributed by atoms with van der Waals surface area (Å²) in [7, 11) is -23.6. The second-order valence-electron chi connectivity index (χ2n) is 39.0. The third-order valence-electron chi connectivity index (χ3n) is 27.6. The fourth-order valence-corrected chi connectivity index (χ4v) is 58.2. The summed E-state index contributed by atoms with van der Waals surface area (Å²) in [5.41, 5.74) is 2.56. The third kappa shape index (κ3) is 16.4. The molecule has 0 saturated carbocycles. The molecule has 2 aliphatic heterocycles. The van der Waals surface area contributed by atoms with Crippen molar-refractivity contribution in [3.8, 4) is 0 Å². The zero-order valence-electron chi connectivity index (χ0n) is 80.5. The van der Waals surface area contributed by atoms with Crippen LogP contribution in [0.4, 0.5) is 87.8 Å². The second-order valence-corrected chi connectivity index (χ2v) is 62.7. The Morgan fingerprint density at radius 1 is 0.225 bits per heavy atom. The molecular weight excluding hydrogens is 1910 g/mol. The van der Waals surface area contributed by atoms with Crippen LogP contribution in [0.5, 0.6) is 0 Å². The number of allylic oxidation sites excluding steroid dienone is 2. The molecule has 0 spiro atoms. The van der Waals surface area contributed by atoms with E-state index in [4.69, 9.17) is 0 Å². The van der Waals surface area contributed by atoms with Crippen LogP contribution in [0.25, 0.3) is 0 Å². The molecule has 2 nitrogen and oxygen atoms in total. The smallest absolute Gasteiger partial charge is 0.272 e. The van der Waals surface area contributed by atoms with Gasteiger partial charge in [-0.3, -0.25) is 0 Å². The topological polar surface area (TPSA) is 34.1 Å². The maximum Gasteiger partial charge on any atom is 0.272 e. The van der Waals surface area contributed by atoms with Crippen molar-refractivity contribution in [2.75, 3.05) is 12.3 Å². The average Bonchev–Trinajstić information content (AvgIpc) is 0.633. The molecule has 0 radical (unpaired) electrons. The minimum atomic E-state index is -4.55. The van der Waals surface area contributed by atoms with E-state index in [1.807, 2.05) is 152 Å². The highest BCUT2D eigenvalue weighted by Gasteiger charge is 2.77. The van der Waals surface area contributed by atoms with Crippen LogP contribution in [0.2, 0.25) is 39.3 Å². The highest BCUT2D eigenvalue weighted by molar-refractivity contribution is 8.28. The molecule has 0 saturated heterocycles. The minimum absolute atomic E-state index is 0.187. The first-order chi connectivity index (χ1) is 64.5. The Balaban J connectivity index is 0.000000219. The highest BCUT2D eigenvalue weighted by atomic mass is 31.2. The Labute approximate surface area is 796 Å². The lowest BCUT2D eigenvalue weighted by atomic mass is 9.32. The summed E-state index contributed by atoms with van der Waals surface area (Å²) in [5.74, 6) is -59.0. The molecule has 2 aliphatic rings. The quantitative estimate of drug-likeness (QED) is 0.0251. The molecule has 30 heteroatoms. The number of halogens is 20. The number of hydrogen-bond acceptors (Lipinski definition) is 2. The molecule has 2 heterocycles. The van der Waals surface area contributed by atoms with Crippen LogP contribution in [-0.4, -0.2) is 40.2 Å². The summed E-state index contributed by atoms with van der Waals surface area (Å²) in [4.78, 5) is 0.792. The zero-order valence-corrected chi connectivity index (χ0v) is 86.0. The summed E-state index contributed by atoms with van der Waals surface area (Å²) in [6.45, 7) is 39.1. The molecule has 722 valence electrons. The van der Waals surface area contributed by atoms with E-state index in [-0.39, 0.29) is 32.2 Å². The average molecular weight is 2020 g/mol. The molecule has 13 aromatic rings. The van der Waals surface area contributed by atoms with Crippen LogP contribution >= 0.6 is 28.6 Å². The van der Waals surface area contributed by atoms with Gasteiger partial charge in [-0.2, -0.15) is 0 Å². The molecular formula is C108H104B2F20O2P4Si2. The molecule has 0 amide bonds. The molecule has 0 aliphatic carbocycles. The van der Waals surface area contributed by atoms with Gasteiger partial charge in [0.1, 0.15) is 77.0 Å². The third-order valence-corrected chi connectivity index (χ3v) is 55.6. The molecule has 0 unspecified atom stereocenters. The standard InChI is InChI=1S/2C51H49BF10OP2Si.C6H6/c2*1-26-22-30(5)49(31(6)23-26)64(63,50-32(7)24-27(2)25-33(50)8)21-20-34-51(66(9,10)11)65(35-18-14-12-16-28(35)3,36-19-15-13-17-29(36)4)52(34,37-39(53)43(57)47(61)44(58)40(37)54)38-41(55)45(59)48(62)46(60)42(38)56;1-2-4-6-5-3-1/h2*12-19,22-25H,20-21H2,1-11H3;1-6H. The van der Waals surface area contributed by atoms with E-state index in [1.165, 1.54) is 24.3 Å². The molecule has 13 aromatic carbocycles. The predicted molar refractivity (Wildman–Crippen MR) is 535 cm³/mol. The number of benzene rings is 13. The SMILES string of the molecule is Cc1cc(C)c(P(=O)(CCC2=C([Si](C)(C)C)[P+](c3ccccc3C)(c3ccccc3C)[B-]2(c2c(F)c(F)c(F)c(F)c2F)c2c(F)c(F)c(F)c(F)c2F)c2c(C)cc(C)cc2C)c(C)c1.Cc1cc(C)c(P(=O)(CCC2=C([Si](C)(C)C)[P+](c3ccccc3C)(c3ccccc3C)[B-]2(c2c(F)c(F)c(F)c(F)c2F)c2c(F)c(F)c(F)c(F)c2F)c2c(C)cc(C)cc2C)c(C)c1.c1ccccc1. The van der Waals surface area contributed by atoms with Crippen LogP contribution < -0.4 is 64.3 Å². The Morgan fingerprint density at radius 2 is 0.377 bits per heavy atom. The Bertz CT molecular complexity index is 6370. The van der Waals surface area contributed by atoms with Crippen molar-refractivity contribution in [3.63, 3.8) is 0 Å². The molecule has 0 aromatic heterocycles. The zero-order chi connectivity index (χ0) is 102. The Hall–Kier alpha value is -10.2. The van der Waals surface area contributed by atoms with Gasteiger partial charge >= 0.3 is 0 Å². The van der Waals surface area contributed by atoms with Gasteiger partial charge in [0.15, 0.2) is 69.8 Å². The van der Waals surface area contributed by atoms with Crippen molar-refractivity contribution < 1.29 is 96.9 Å². The van der Waals surface area contributed by atoms with Gasteiger partial charge in [-0.1, -0.05) is 254 Å². The summed E-state index contributed by atoms with van der Waals surface area (Å²) in [6.07, 6.45) is -2.01. The van der Waals surface area contributed by atoms with Gasteiger partial charge in [0.25, 0.3) is 11.7 Å².